The van der Waals surface area contributed by atoms with Crippen LogP contribution in [-0.4, -0.2) is 34.8 Å². The maximum atomic E-state index is 10.9. The van der Waals surface area contributed by atoms with Gasteiger partial charge in [0.25, 0.3) is 0 Å². The van der Waals surface area contributed by atoms with E-state index in [1.54, 1.807) is 13.2 Å². The Labute approximate surface area is 121 Å². The minimum absolute atomic E-state index is 0.0467. The summed E-state index contributed by atoms with van der Waals surface area (Å²) in [6, 6.07) is 6.92. The number of carboxylic acid groups (broad SMARTS) is 1. The molecule has 1 N–H and O–H groups in total. The topological polar surface area (TPSA) is 72.3 Å². The lowest BCUT2D eigenvalue weighted by Gasteiger charge is -2.07. The molecule has 1 heterocycles. The van der Waals surface area contributed by atoms with Crippen LogP contribution in [0.2, 0.25) is 5.02 Å². The third kappa shape index (κ3) is 3.31. The Bertz CT molecular complexity index is 632. The summed E-state index contributed by atoms with van der Waals surface area (Å²) in [5, 5.41) is 9.53. The SMILES string of the molecule is COCCc1ccc(-c2cc(C(=O)O)ncn2)cc1Cl. The first-order valence-electron chi connectivity index (χ1n) is 5.95. The number of aromatic nitrogens is 2. The highest BCUT2D eigenvalue weighted by Crippen LogP contribution is 2.25. The average Bonchev–Trinajstić information content (AvgIpc) is 2.46. The summed E-state index contributed by atoms with van der Waals surface area (Å²) in [5.41, 5.74) is 2.21. The maximum absolute atomic E-state index is 10.9. The number of nitrogens with zero attached hydrogens (tertiary/aromatic N) is 2. The number of carbonyl (C=O) groups is 1. The molecule has 0 saturated heterocycles. The van der Waals surface area contributed by atoms with Gasteiger partial charge >= 0.3 is 5.97 Å². The first-order valence-corrected chi connectivity index (χ1v) is 6.32. The zero-order valence-corrected chi connectivity index (χ0v) is 11.6. The largest absolute Gasteiger partial charge is 0.477 e. The minimum Gasteiger partial charge on any atom is -0.477 e. The second-order valence-electron chi connectivity index (χ2n) is 4.14. The van der Waals surface area contributed by atoms with Gasteiger partial charge in [0.05, 0.1) is 12.3 Å². The van der Waals surface area contributed by atoms with Gasteiger partial charge in [-0.2, -0.15) is 0 Å². The molecule has 2 aromatic rings. The van der Waals surface area contributed by atoms with Crippen molar-refractivity contribution in [3.8, 4) is 11.3 Å². The zero-order valence-electron chi connectivity index (χ0n) is 10.8. The van der Waals surface area contributed by atoms with Gasteiger partial charge in [-0.15, -0.1) is 0 Å². The van der Waals surface area contributed by atoms with Crippen LogP contribution in [-0.2, 0) is 11.2 Å². The number of hydrogen-bond donors (Lipinski definition) is 1. The smallest absolute Gasteiger partial charge is 0.354 e. The van der Waals surface area contributed by atoms with Crippen molar-refractivity contribution in [2.75, 3.05) is 13.7 Å². The van der Waals surface area contributed by atoms with Gasteiger partial charge in [-0.05, 0) is 24.1 Å². The Morgan fingerprint density at radius 1 is 1.35 bits per heavy atom. The van der Waals surface area contributed by atoms with Crippen molar-refractivity contribution in [2.24, 2.45) is 0 Å². The molecule has 0 bridgehead atoms. The molecule has 0 atom stereocenters. The highest BCUT2D eigenvalue weighted by atomic mass is 35.5. The molecule has 20 heavy (non-hydrogen) atoms. The van der Waals surface area contributed by atoms with Crippen molar-refractivity contribution in [1.82, 2.24) is 9.97 Å². The van der Waals surface area contributed by atoms with Crippen molar-refractivity contribution < 1.29 is 14.6 Å². The van der Waals surface area contributed by atoms with E-state index in [0.717, 1.165) is 17.5 Å². The molecule has 104 valence electrons. The Morgan fingerprint density at radius 2 is 2.15 bits per heavy atom. The van der Waals surface area contributed by atoms with E-state index in [9.17, 15) is 4.79 Å². The molecule has 0 amide bonds. The molecule has 0 aliphatic rings. The molecule has 0 radical (unpaired) electrons. The number of ether oxygens (including phenoxy) is 1. The number of methoxy groups -OCH3 is 1. The lowest BCUT2D eigenvalue weighted by molar-refractivity contribution is 0.0690. The van der Waals surface area contributed by atoms with Gasteiger partial charge in [-0.1, -0.05) is 23.7 Å². The van der Waals surface area contributed by atoms with Crippen molar-refractivity contribution >= 4 is 17.6 Å². The summed E-state index contributed by atoms with van der Waals surface area (Å²) in [7, 11) is 1.64. The molecule has 0 saturated carbocycles. The molecule has 0 spiro atoms. The standard InChI is InChI=1S/C14H13ClN2O3/c1-20-5-4-9-2-3-10(6-11(9)15)12-7-13(14(18)19)17-8-16-12/h2-3,6-8H,4-5H2,1H3,(H,18,19). The first-order chi connectivity index (χ1) is 9.61. The fraction of sp³-hybridized carbons (Fsp3) is 0.214. The zero-order chi connectivity index (χ0) is 14.5. The number of rotatable bonds is 5. The normalized spacial score (nSPS) is 10.5. The second-order valence-corrected chi connectivity index (χ2v) is 4.55. The van der Waals surface area contributed by atoms with Crippen LogP contribution < -0.4 is 0 Å². The number of benzene rings is 1. The quantitative estimate of drug-likeness (QED) is 0.917. The number of hydrogen-bond acceptors (Lipinski definition) is 4. The molecule has 0 unspecified atom stereocenters. The van der Waals surface area contributed by atoms with Gasteiger partial charge in [0.1, 0.15) is 6.33 Å². The summed E-state index contributed by atoms with van der Waals surface area (Å²) in [4.78, 5) is 18.6. The van der Waals surface area contributed by atoms with Gasteiger partial charge in [-0.3, -0.25) is 0 Å². The highest BCUT2D eigenvalue weighted by molar-refractivity contribution is 6.31. The lowest BCUT2D eigenvalue weighted by Crippen LogP contribution is -2.01. The Hall–Kier alpha value is -1.98. The first kappa shape index (κ1) is 14.4. The Balaban J connectivity index is 2.31. The molecule has 0 aliphatic carbocycles. The summed E-state index contributed by atoms with van der Waals surface area (Å²) < 4.78 is 5.01. The fourth-order valence-corrected chi connectivity index (χ4v) is 2.03. The van der Waals surface area contributed by atoms with Crippen LogP contribution in [0.15, 0.2) is 30.6 Å². The van der Waals surface area contributed by atoms with Crippen LogP contribution in [0.1, 0.15) is 16.1 Å². The van der Waals surface area contributed by atoms with E-state index in [0.29, 0.717) is 17.3 Å². The lowest BCUT2D eigenvalue weighted by atomic mass is 10.1. The monoisotopic (exact) mass is 292 g/mol. The van der Waals surface area contributed by atoms with E-state index >= 15 is 0 Å². The molecule has 2 rings (SSSR count). The molecule has 1 aromatic carbocycles. The van der Waals surface area contributed by atoms with E-state index < -0.39 is 5.97 Å². The summed E-state index contributed by atoms with van der Waals surface area (Å²) in [5.74, 6) is -1.09. The van der Waals surface area contributed by atoms with Gasteiger partial charge < -0.3 is 9.84 Å². The van der Waals surface area contributed by atoms with Gasteiger partial charge in [0.15, 0.2) is 5.69 Å². The van der Waals surface area contributed by atoms with E-state index in [2.05, 4.69) is 9.97 Å². The van der Waals surface area contributed by atoms with E-state index in [4.69, 9.17) is 21.4 Å². The third-order valence-corrected chi connectivity index (χ3v) is 3.16. The molecular formula is C14H13ClN2O3. The van der Waals surface area contributed by atoms with E-state index in [-0.39, 0.29) is 5.69 Å². The number of halogens is 1. The highest BCUT2D eigenvalue weighted by Gasteiger charge is 2.09. The fourth-order valence-electron chi connectivity index (χ4n) is 1.75. The molecule has 0 fully saturated rings. The molecule has 6 heteroatoms. The van der Waals surface area contributed by atoms with E-state index in [1.165, 1.54) is 12.4 Å². The van der Waals surface area contributed by atoms with Crippen LogP contribution in [0, 0.1) is 0 Å². The van der Waals surface area contributed by atoms with E-state index in [1.807, 2.05) is 12.1 Å². The van der Waals surface area contributed by atoms with Gasteiger partial charge in [0.2, 0.25) is 0 Å². The molecule has 1 aromatic heterocycles. The number of carboxylic acids is 1. The molecule has 0 aliphatic heterocycles. The minimum atomic E-state index is -1.09. The van der Waals surface area contributed by atoms with Crippen molar-refractivity contribution in [3.05, 3.63) is 46.9 Å². The second kappa shape index (κ2) is 6.45. The van der Waals surface area contributed by atoms with Crippen molar-refractivity contribution in [2.45, 2.75) is 6.42 Å². The molecular weight excluding hydrogens is 280 g/mol. The Kier molecular flexibility index (Phi) is 4.65. The predicted octanol–water partition coefficient (Wildman–Crippen LogP) is 2.68. The maximum Gasteiger partial charge on any atom is 0.354 e. The van der Waals surface area contributed by atoms with Crippen LogP contribution in [0.25, 0.3) is 11.3 Å². The van der Waals surface area contributed by atoms with Gasteiger partial charge in [-0.25, -0.2) is 14.8 Å². The summed E-state index contributed by atoms with van der Waals surface area (Å²) in [6.07, 6.45) is 1.95. The number of aromatic carboxylic acids is 1. The average molecular weight is 293 g/mol. The summed E-state index contributed by atoms with van der Waals surface area (Å²) >= 11 is 6.20. The van der Waals surface area contributed by atoms with Crippen molar-refractivity contribution in [1.29, 1.82) is 0 Å². The van der Waals surface area contributed by atoms with Crippen LogP contribution in [0.5, 0.6) is 0 Å². The van der Waals surface area contributed by atoms with Crippen LogP contribution >= 0.6 is 11.6 Å². The van der Waals surface area contributed by atoms with Crippen molar-refractivity contribution in [3.63, 3.8) is 0 Å². The molecule has 5 nitrogen and oxygen atoms in total. The third-order valence-electron chi connectivity index (χ3n) is 2.81. The predicted molar refractivity (Wildman–Crippen MR) is 75.0 cm³/mol. The van der Waals surface area contributed by atoms with Crippen LogP contribution in [0.3, 0.4) is 0 Å². The van der Waals surface area contributed by atoms with Gasteiger partial charge in [0, 0.05) is 17.7 Å². The van der Waals surface area contributed by atoms with Crippen LogP contribution in [0.4, 0.5) is 0 Å². The summed E-state index contributed by atoms with van der Waals surface area (Å²) in [6.45, 7) is 0.593. The Morgan fingerprint density at radius 3 is 2.80 bits per heavy atom.